The number of fused-ring (bicyclic) bond motifs is 1. The van der Waals surface area contributed by atoms with Gasteiger partial charge in [-0.2, -0.15) is 0 Å². The van der Waals surface area contributed by atoms with Crippen LogP contribution in [0.4, 0.5) is 0 Å². The topological polar surface area (TPSA) is 92.0 Å². The van der Waals surface area contributed by atoms with Gasteiger partial charge in [0.25, 0.3) is 0 Å². The Labute approximate surface area is 170 Å². The summed E-state index contributed by atoms with van der Waals surface area (Å²) >= 11 is 5.69. The molecule has 29 heavy (non-hydrogen) atoms. The number of benzene rings is 2. The Bertz CT molecular complexity index is 1130. The van der Waals surface area contributed by atoms with Gasteiger partial charge < -0.3 is 18.6 Å². The molecule has 0 saturated carbocycles. The first-order valence-electron chi connectivity index (χ1n) is 8.59. The van der Waals surface area contributed by atoms with E-state index in [4.69, 9.17) is 25.5 Å². The van der Waals surface area contributed by atoms with Gasteiger partial charge in [-0.05, 0) is 50.2 Å². The number of hydrogen-bond acceptors (Lipinski definition) is 7. The first kappa shape index (κ1) is 20.4. The van der Waals surface area contributed by atoms with Crippen LogP contribution in [0.25, 0.3) is 11.0 Å². The molecular weight excluding hydrogens is 400 g/mol. The number of hydrogen-bond donors (Lipinski definition) is 0. The van der Waals surface area contributed by atoms with Crippen molar-refractivity contribution < 1.29 is 28.2 Å². The lowest BCUT2D eigenvalue weighted by atomic mass is 10.2. The third-order valence-corrected chi connectivity index (χ3v) is 4.20. The van der Waals surface area contributed by atoms with Gasteiger partial charge in [0, 0.05) is 6.07 Å². The van der Waals surface area contributed by atoms with Crippen molar-refractivity contribution in [1.82, 2.24) is 0 Å². The zero-order valence-corrected chi connectivity index (χ0v) is 16.6. The molecule has 0 amide bonds. The third-order valence-electron chi connectivity index (χ3n) is 4.03. The lowest BCUT2D eigenvalue weighted by Gasteiger charge is -2.10. The minimum absolute atomic E-state index is 0.0162. The van der Waals surface area contributed by atoms with Crippen LogP contribution in [0, 0.1) is 6.92 Å². The molecule has 0 spiro atoms. The number of aryl methyl sites for hydroxylation is 1. The molecule has 1 heterocycles. The highest BCUT2D eigenvalue weighted by atomic mass is 35.5. The molecule has 0 aliphatic carbocycles. The molecule has 0 aliphatic rings. The van der Waals surface area contributed by atoms with Crippen molar-refractivity contribution in [3.8, 4) is 17.2 Å². The maximum Gasteiger partial charge on any atom is 0.337 e. The van der Waals surface area contributed by atoms with Crippen LogP contribution in [0.5, 0.6) is 17.2 Å². The summed E-state index contributed by atoms with van der Waals surface area (Å²) in [5, 5.41) is -0.545. The van der Waals surface area contributed by atoms with Crippen LogP contribution in [0.2, 0.25) is 0 Å². The van der Waals surface area contributed by atoms with Crippen molar-refractivity contribution in [2.75, 3.05) is 7.11 Å². The molecule has 8 heteroatoms. The average Bonchev–Trinajstić information content (AvgIpc) is 2.70. The van der Waals surface area contributed by atoms with E-state index in [9.17, 15) is 14.4 Å². The summed E-state index contributed by atoms with van der Waals surface area (Å²) in [6, 6.07) is 10.5. The predicted octanol–water partition coefficient (Wildman–Crippen LogP) is 4.21. The summed E-state index contributed by atoms with van der Waals surface area (Å²) in [6.07, 6.45) is 0. The summed E-state index contributed by atoms with van der Waals surface area (Å²) in [5.74, 6) is -0.256. The molecule has 150 valence electrons. The molecule has 0 N–H and O–H groups in total. The summed E-state index contributed by atoms with van der Waals surface area (Å²) in [7, 11) is 1.29. The normalized spacial score (nSPS) is 11.7. The number of carbonyl (C=O) groups is 2. The van der Waals surface area contributed by atoms with E-state index in [0.717, 1.165) is 0 Å². The first-order valence-corrected chi connectivity index (χ1v) is 9.03. The van der Waals surface area contributed by atoms with Gasteiger partial charge in [-0.1, -0.05) is 0 Å². The van der Waals surface area contributed by atoms with Gasteiger partial charge in [0.1, 0.15) is 28.2 Å². The standard InChI is InChI=1S/C21H17ClO7/c1-11(22)20(24)29-15-8-9-16-17(10-15)27-12(2)19(18(16)23)28-14-6-4-13(5-7-14)21(25)26-3/h4-11H,1-3H3. The van der Waals surface area contributed by atoms with Crippen molar-refractivity contribution >= 4 is 34.5 Å². The molecule has 3 rings (SSSR count). The van der Waals surface area contributed by atoms with E-state index >= 15 is 0 Å². The fraction of sp³-hybridized carbons (Fsp3) is 0.190. The number of alkyl halides is 1. The van der Waals surface area contributed by atoms with E-state index < -0.39 is 17.3 Å². The van der Waals surface area contributed by atoms with E-state index in [1.807, 2.05) is 0 Å². The molecule has 0 radical (unpaired) electrons. The van der Waals surface area contributed by atoms with Crippen molar-refractivity contribution in [1.29, 1.82) is 0 Å². The lowest BCUT2D eigenvalue weighted by Crippen LogP contribution is -2.17. The van der Waals surface area contributed by atoms with Gasteiger partial charge >= 0.3 is 11.9 Å². The molecular formula is C21H17ClO7. The molecule has 1 aromatic heterocycles. The monoisotopic (exact) mass is 416 g/mol. The van der Waals surface area contributed by atoms with E-state index in [1.165, 1.54) is 44.4 Å². The maximum atomic E-state index is 12.8. The fourth-order valence-electron chi connectivity index (χ4n) is 2.54. The molecule has 7 nitrogen and oxygen atoms in total. The molecule has 0 fully saturated rings. The number of methoxy groups -OCH3 is 1. The molecule has 0 aliphatic heterocycles. The highest BCUT2D eigenvalue weighted by Crippen LogP contribution is 2.27. The minimum Gasteiger partial charge on any atom is -0.465 e. The number of esters is 2. The zero-order valence-electron chi connectivity index (χ0n) is 15.9. The summed E-state index contributed by atoms with van der Waals surface area (Å²) in [6.45, 7) is 3.08. The van der Waals surface area contributed by atoms with E-state index in [-0.39, 0.29) is 33.7 Å². The summed E-state index contributed by atoms with van der Waals surface area (Å²) in [4.78, 5) is 36.0. The predicted molar refractivity (Wildman–Crippen MR) is 106 cm³/mol. The second-order valence-corrected chi connectivity index (χ2v) is 6.78. The number of ether oxygens (including phenoxy) is 3. The molecule has 1 atom stereocenters. The van der Waals surface area contributed by atoms with Crippen molar-refractivity contribution in [3.63, 3.8) is 0 Å². The maximum absolute atomic E-state index is 12.8. The van der Waals surface area contributed by atoms with E-state index in [0.29, 0.717) is 11.3 Å². The SMILES string of the molecule is COC(=O)c1ccc(Oc2c(C)oc3cc(OC(=O)C(C)Cl)ccc3c2=O)cc1. The Kier molecular flexibility index (Phi) is 5.89. The van der Waals surface area contributed by atoms with Crippen LogP contribution in [0.3, 0.4) is 0 Å². The van der Waals surface area contributed by atoms with Crippen LogP contribution < -0.4 is 14.9 Å². The molecule has 0 saturated heterocycles. The Morgan fingerprint density at radius 3 is 2.34 bits per heavy atom. The lowest BCUT2D eigenvalue weighted by molar-refractivity contribution is -0.133. The minimum atomic E-state index is -0.805. The van der Waals surface area contributed by atoms with Gasteiger partial charge in [-0.25, -0.2) is 4.79 Å². The largest absolute Gasteiger partial charge is 0.465 e. The van der Waals surface area contributed by atoms with Crippen LogP contribution >= 0.6 is 11.6 Å². The van der Waals surface area contributed by atoms with Crippen molar-refractivity contribution in [2.24, 2.45) is 0 Å². The van der Waals surface area contributed by atoms with E-state index in [1.54, 1.807) is 19.1 Å². The Balaban J connectivity index is 1.92. The van der Waals surface area contributed by atoms with Gasteiger partial charge in [-0.15, -0.1) is 11.6 Å². The Morgan fingerprint density at radius 2 is 1.72 bits per heavy atom. The third kappa shape index (κ3) is 4.41. The van der Waals surface area contributed by atoms with Gasteiger partial charge in [0.05, 0.1) is 18.1 Å². The second-order valence-electron chi connectivity index (χ2n) is 6.13. The number of rotatable bonds is 5. The van der Waals surface area contributed by atoms with Crippen LogP contribution in [-0.2, 0) is 9.53 Å². The Morgan fingerprint density at radius 1 is 1.07 bits per heavy atom. The van der Waals surface area contributed by atoms with Crippen LogP contribution in [0.15, 0.2) is 51.7 Å². The highest BCUT2D eigenvalue weighted by molar-refractivity contribution is 6.29. The number of carbonyl (C=O) groups excluding carboxylic acids is 2. The Hall–Kier alpha value is -3.32. The quantitative estimate of drug-likeness (QED) is 0.349. The summed E-state index contributed by atoms with van der Waals surface area (Å²) in [5.41, 5.74) is 0.216. The van der Waals surface area contributed by atoms with Crippen molar-refractivity contribution in [3.05, 3.63) is 64.0 Å². The molecule has 2 aromatic carbocycles. The van der Waals surface area contributed by atoms with Crippen molar-refractivity contribution in [2.45, 2.75) is 19.2 Å². The van der Waals surface area contributed by atoms with E-state index in [2.05, 4.69) is 4.74 Å². The first-order chi connectivity index (χ1) is 13.8. The smallest absolute Gasteiger partial charge is 0.337 e. The zero-order chi connectivity index (χ0) is 21.1. The van der Waals surface area contributed by atoms with Gasteiger partial charge in [0.2, 0.25) is 11.2 Å². The van der Waals surface area contributed by atoms with Gasteiger partial charge in [-0.3, -0.25) is 9.59 Å². The van der Waals surface area contributed by atoms with Gasteiger partial charge in [0.15, 0.2) is 0 Å². The fourth-order valence-corrected chi connectivity index (χ4v) is 2.59. The van der Waals surface area contributed by atoms with Crippen LogP contribution in [0.1, 0.15) is 23.0 Å². The number of halogens is 1. The average molecular weight is 417 g/mol. The van der Waals surface area contributed by atoms with Crippen LogP contribution in [-0.4, -0.2) is 24.4 Å². The summed E-state index contributed by atoms with van der Waals surface area (Å²) < 4.78 is 21.1. The second kappa shape index (κ2) is 8.36. The molecule has 3 aromatic rings. The molecule has 1 unspecified atom stereocenters. The molecule has 0 bridgehead atoms. The highest BCUT2D eigenvalue weighted by Gasteiger charge is 2.17.